The van der Waals surface area contributed by atoms with Crippen molar-refractivity contribution in [2.75, 3.05) is 0 Å². The van der Waals surface area contributed by atoms with E-state index in [0.29, 0.717) is 0 Å². The Balaban J connectivity index is 2.37. The van der Waals surface area contributed by atoms with Gasteiger partial charge in [-0.3, -0.25) is 4.79 Å². The zero-order chi connectivity index (χ0) is 13.7. The van der Waals surface area contributed by atoms with Gasteiger partial charge in [-0.05, 0) is 24.2 Å². The quantitative estimate of drug-likeness (QED) is 0.850. The van der Waals surface area contributed by atoms with Crippen LogP contribution in [0.25, 0.3) is 0 Å². The molecule has 0 aliphatic carbocycles. The minimum atomic E-state index is -0.730. The van der Waals surface area contributed by atoms with Gasteiger partial charge in [-0.2, -0.15) is 0 Å². The molecule has 2 rings (SSSR count). The average molecular weight is 272 g/mol. The predicted octanol–water partition coefficient (Wildman–Crippen LogP) is 2.98. The van der Waals surface area contributed by atoms with Gasteiger partial charge >= 0.3 is 5.97 Å². The highest BCUT2D eigenvalue weighted by Crippen LogP contribution is 2.40. The molecule has 0 heterocycles. The van der Waals surface area contributed by atoms with Gasteiger partial charge in [0.05, 0.1) is 6.42 Å². The van der Waals surface area contributed by atoms with Crippen LogP contribution in [-0.4, -0.2) is 16.7 Å². The van der Waals surface area contributed by atoms with Crippen molar-refractivity contribution in [1.82, 2.24) is 0 Å². The van der Waals surface area contributed by atoms with E-state index in [1.807, 2.05) is 43.3 Å². The van der Waals surface area contributed by atoms with Crippen LogP contribution >= 0.6 is 7.92 Å². The molecule has 2 aromatic carbocycles. The molecule has 2 nitrogen and oxygen atoms in total. The minimum Gasteiger partial charge on any atom is -0.481 e. The summed E-state index contributed by atoms with van der Waals surface area (Å²) >= 11 is 0. The first-order chi connectivity index (χ1) is 9.18. The summed E-state index contributed by atoms with van der Waals surface area (Å²) in [5, 5.41) is 11.5. The fourth-order valence-electron chi connectivity index (χ4n) is 2.18. The Morgan fingerprint density at radius 1 is 1.00 bits per heavy atom. The molecule has 0 saturated carbocycles. The molecule has 1 atom stereocenters. The van der Waals surface area contributed by atoms with Gasteiger partial charge < -0.3 is 5.11 Å². The number of carboxylic acids is 1. The zero-order valence-corrected chi connectivity index (χ0v) is 11.8. The maximum atomic E-state index is 11.0. The third kappa shape index (κ3) is 3.65. The minimum absolute atomic E-state index is 0.122. The number of aliphatic carboxylic acids is 1. The highest BCUT2D eigenvalue weighted by atomic mass is 31.1. The second kappa shape index (κ2) is 6.49. The number of benzene rings is 2. The fourth-order valence-corrected chi connectivity index (χ4v) is 4.82. The summed E-state index contributed by atoms with van der Waals surface area (Å²) in [6, 6.07) is 20.4. The van der Waals surface area contributed by atoms with Gasteiger partial charge in [-0.1, -0.05) is 67.6 Å². The van der Waals surface area contributed by atoms with Crippen LogP contribution in [0.1, 0.15) is 13.3 Å². The Morgan fingerprint density at radius 2 is 1.42 bits per heavy atom. The lowest BCUT2D eigenvalue weighted by Gasteiger charge is -2.24. The van der Waals surface area contributed by atoms with Crippen molar-refractivity contribution in [3.8, 4) is 0 Å². The van der Waals surface area contributed by atoms with Gasteiger partial charge in [0.25, 0.3) is 0 Å². The first-order valence-corrected chi connectivity index (χ1v) is 7.70. The third-order valence-corrected chi connectivity index (χ3v) is 5.75. The second-order valence-electron chi connectivity index (χ2n) is 4.49. The molecule has 0 bridgehead atoms. The highest BCUT2D eigenvalue weighted by molar-refractivity contribution is 7.73. The van der Waals surface area contributed by atoms with Gasteiger partial charge in [-0.15, -0.1) is 0 Å². The summed E-state index contributed by atoms with van der Waals surface area (Å²) < 4.78 is 0. The molecule has 0 aliphatic rings. The van der Waals surface area contributed by atoms with Gasteiger partial charge in [0, 0.05) is 0 Å². The SMILES string of the molecule is C[C@H](CC(=O)O)P(c1ccccc1)c1ccccc1. The van der Waals surface area contributed by atoms with Gasteiger partial charge in [0.1, 0.15) is 0 Å². The standard InChI is InChI=1S/C16H17O2P/c1-13(12-16(17)18)19(14-8-4-2-5-9-14)15-10-6-3-7-11-15/h2-11,13H,12H2,1H3,(H,17,18)/t13-/m1/s1. The Labute approximate surface area is 114 Å². The van der Waals surface area contributed by atoms with Crippen molar-refractivity contribution >= 4 is 24.5 Å². The predicted molar refractivity (Wildman–Crippen MR) is 80.8 cm³/mol. The number of rotatable bonds is 5. The smallest absolute Gasteiger partial charge is 0.303 e. The molecule has 0 spiro atoms. The first kappa shape index (κ1) is 13.8. The summed E-state index contributed by atoms with van der Waals surface area (Å²) in [5.41, 5.74) is 0.122. The van der Waals surface area contributed by atoms with Crippen LogP contribution in [0.5, 0.6) is 0 Å². The molecule has 19 heavy (non-hydrogen) atoms. The van der Waals surface area contributed by atoms with E-state index >= 15 is 0 Å². The molecule has 0 fully saturated rings. The van der Waals surface area contributed by atoms with Crippen LogP contribution in [0.2, 0.25) is 0 Å². The van der Waals surface area contributed by atoms with Crippen molar-refractivity contribution < 1.29 is 9.90 Å². The Morgan fingerprint density at radius 3 is 1.79 bits per heavy atom. The summed E-state index contributed by atoms with van der Waals surface area (Å²) in [6.07, 6.45) is 0.204. The van der Waals surface area contributed by atoms with E-state index in [1.54, 1.807) is 0 Å². The van der Waals surface area contributed by atoms with Crippen molar-refractivity contribution in [3.63, 3.8) is 0 Å². The lowest BCUT2D eigenvalue weighted by molar-refractivity contribution is -0.136. The lowest BCUT2D eigenvalue weighted by atomic mass is 10.3. The molecule has 3 heteroatoms. The van der Waals surface area contributed by atoms with E-state index < -0.39 is 13.9 Å². The Bertz CT molecular complexity index is 485. The normalized spacial score (nSPS) is 12.3. The molecular weight excluding hydrogens is 255 g/mol. The fraction of sp³-hybridized carbons (Fsp3) is 0.188. The van der Waals surface area contributed by atoms with Crippen molar-refractivity contribution in [3.05, 3.63) is 60.7 Å². The summed E-state index contributed by atoms with van der Waals surface area (Å²) in [4.78, 5) is 11.0. The van der Waals surface area contributed by atoms with E-state index in [2.05, 4.69) is 24.3 Å². The van der Waals surface area contributed by atoms with Crippen molar-refractivity contribution in [2.45, 2.75) is 19.0 Å². The summed E-state index contributed by atoms with van der Waals surface area (Å²) in [7, 11) is -0.625. The largest absolute Gasteiger partial charge is 0.481 e. The lowest BCUT2D eigenvalue weighted by Crippen LogP contribution is -2.21. The average Bonchev–Trinajstić information content (AvgIpc) is 2.40. The molecule has 1 N–H and O–H groups in total. The maximum absolute atomic E-state index is 11.0. The van der Waals surface area contributed by atoms with E-state index in [1.165, 1.54) is 10.6 Å². The second-order valence-corrected chi connectivity index (χ2v) is 7.14. The van der Waals surface area contributed by atoms with Crippen LogP contribution in [0.4, 0.5) is 0 Å². The van der Waals surface area contributed by atoms with Gasteiger partial charge in [-0.25, -0.2) is 0 Å². The van der Waals surface area contributed by atoms with Crippen LogP contribution in [0.15, 0.2) is 60.7 Å². The summed E-state index contributed by atoms with van der Waals surface area (Å²) in [5.74, 6) is -0.730. The van der Waals surface area contributed by atoms with Gasteiger partial charge in [0.15, 0.2) is 0 Å². The van der Waals surface area contributed by atoms with Crippen molar-refractivity contribution in [2.24, 2.45) is 0 Å². The summed E-state index contributed by atoms with van der Waals surface area (Å²) in [6.45, 7) is 2.03. The van der Waals surface area contributed by atoms with Crippen molar-refractivity contribution in [1.29, 1.82) is 0 Å². The number of carboxylic acid groups (broad SMARTS) is 1. The van der Waals surface area contributed by atoms with Crippen LogP contribution in [0, 0.1) is 0 Å². The van der Waals surface area contributed by atoms with E-state index in [9.17, 15) is 4.79 Å². The molecule has 0 radical (unpaired) electrons. The van der Waals surface area contributed by atoms with E-state index in [4.69, 9.17) is 5.11 Å². The van der Waals surface area contributed by atoms with E-state index in [-0.39, 0.29) is 12.1 Å². The molecule has 0 saturated heterocycles. The Kier molecular flexibility index (Phi) is 4.70. The Hall–Kier alpha value is -1.66. The molecule has 0 aliphatic heterocycles. The molecule has 0 unspecified atom stereocenters. The molecular formula is C16H17O2P. The van der Waals surface area contributed by atoms with Gasteiger partial charge in [0.2, 0.25) is 0 Å². The third-order valence-electron chi connectivity index (χ3n) is 2.98. The zero-order valence-electron chi connectivity index (χ0n) is 10.9. The van der Waals surface area contributed by atoms with E-state index in [0.717, 1.165) is 0 Å². The number of hydrogen-bond acceptors (Lipinski definition) is 1. The first-order valence-electron chi connectivity index (χ1n) is 6.29. The number of hydrogen-bond donors (Lipinski definition) is 1. The molecule has 0 amide bonds. The molecule has 2 aromatic rings. The topological polar surface area (TPSA) is 37.3 Å². The molecule has 0 aromatic heterocycles. The highest BCUT2D eigenvalue weighted by Gasteiger charge is 2.22. The van der Waals surface area contributed by atoms with Crippen LogP contribution in [0.3, 0.4) is 0 Å². The van der Waals surface area contributed by atoms with Crippen LogP contribution in [-0.2, 0) is 4.79 Å². The number of carbonyl (C=O) groups is 1. The maximum Gasteiger partial charge on any atom is 0.303 e. The monoisotopic (exact) mass is 272 g/mol. The van der Waals surface area contributed by atoms with Crippen LogP contribution < -0.4 is 10.6 Å². The molecule has 98 valence electrons.